The zero-order valence-electron chi connectivity index (χ0n) is 10.1. The first-order chi connectivity index (χ1) is 9.67. The first-order valence-corrected chi connectivity index (χ1v) is 7.57. The average Bonchev–Trinajstić information content (AvgIpc) is 2.41. The van der Waals surface area contributed by atoms with Crippen molar-refractivity contribution in [2.24, 2.45) is 0 Å². The lowest BCUT2D eigenvalue weighted by atomic mass is 10.3. The minimum absolute atomic E-state index is 0.499. The first-order valence-electron chi connectivity index (χ1n) is 5.34. The van der Waals surface area contributed by atoms with E-state index in [4.69, 9.17) is 23.2 Å². The molecule has 2 aromatic rings. The van der Waals surface area contributed by atoms with Crippen LogP contribution in [0.5, 0.6) is 23.0 Å². The van der Waals surface area contributed by atoms with Crippen molar-refractivity contribution in [2.75, 3.05) is 0 Å². The van der Waals surface area contributed by atoms with E-state index in [1.165, 1.54) is 0 Å². The van der Waals surface area contributed by atoms with Crippen LogP contribution in [0, 0.1) is 0 Å². The lowest BCUT2D eigenvalue weighted by Crippen LogP contribution is -2.03. The van der Waals surface area contributed by atoms with Crippen LogP contribution in [0.15, 0.2) is 34.1 Å². The molecule has 0 amide bonds. The van der Waals surface area contributed by atoms with Crippen molar-refractivity contribution in [1.29, 1.82) is 0 Å². The molecule has 0 fully saturated rings. The van der Waals surface area contributed by atoms with Crippen LogP contribution in [-0.4, -0.2) is 28.8 Å². The second-order valence-electron chi connectivity index (χ2n) is 3.99. The Morgan fingerprint density at radius 3 is 1.38 bits per heavy atom. The van der Waals surface area contributed by atoms with Gasteiger partial charge >= 0.3 is 0 Å². The molecular weight excluding hydrogens is 343 g/mol. The molecule has 112 valence electrons. The number of benzene rings is 2. The van der Waals surface area contributed by atoms with Crippen LogP contribution in [0.2, 0.25) is 10.0 Å². The maximum atomic E-state index is 12.4. The van der Waals surface area contributed by atoms with Crippen molar-refractivity contribution in [1.82, 2.24) is 0 Å². The lowest BCUT2D eigenvalue weighted by Gasteiger charge is -2.11. The molecule has 0 bridgehead atoms. The third kappa shape index (κ3) is 2.44. The summed E-state index contributed by atoms with van der Waals surface area (Å²) in [4.78, 5) is -1.25. The van der Waals surface area contributed by atoms with Gasteiger partial charge < -0.3 is 20.4 Å². The number of hydrogen-bond donors (Lipinski definition) is 4. The Morgan fingerprint density at radius 1 is 0.714 bits per heavy atom. The Balaban J connectivity index is 2.75. The molecule has 2 aromatic carbocycles. The Bertz CT molecular complexity index is 769. The fourth-order valence-corrected chi connectivity index (χ4v) is 3.51. The Kier molecular flexibility index (Phi) is 3.83. The van der Waals surface area contributed by atoms with Crippen molar-refractivity contribution in [3.05, 3.63) is 34.3 Å². The molecule has 21 heavy (non-hydrogen) atoms. The minimum Gasteiger partial charge on any atom is -0.506 e. The molecule has 0 aromatic heterocycles. The van der Waals surface area contributed by atoms with E-state index in [0.717, 1.165) is 24.3 Å². The number of hydrogen-bond acceptors (Lipinski definition) is 6. The lowest BCUT2D eigenvalue weighted by molar-refractivity contribution is 0.436. The van der Waals surface area contributed by atoms with Crippen molar-refractivity contribution in [3.63, 3.8) is 0 Å². The van der Waals surface area contributed by atoms with Crippen LogP contribution in [0.25, 0.3) is 0 Å². The van der Waals surface area contributed by atoms with Crippen LogP contribution in [0.1, 0.15) is 0 Å². The quantitative estimate of drug-likeness (QED) is 0.661. The topological polar surface area (TPSA) is 115 Å². The van der Waals surface area contributed by atoms with E-state index in [2.05, 4.69) is 0 Å². The highest BCUT2D eigenvalue weighted by Crippen LogP contribution is 2.44. The SMILES string of the molecule is O=S(=O)(c1ccc(O)c(Cl)c1O)c1ccc(O)c(Cl)c1O. The fraction of sp³-hybridized carbons (Fsp3) is 0. The summed E-state index contributed by atoms with van der Waals surface area (Å²) < 4.78 is 24.8. The molecule has 0 saturated carbocycles. The number of aromatic hydroxyl groups is 4. The van der Waals surface area contributed by atoms with Crippen molar-refractivity contribution < 1.29 is 28.8 Å². The molecule has 0 aliphatic rings. The van der Waals surface area contributed by atoms with Gasteiger partial charge in [0.15, 0.2) is 11.5 Å². The van der Waals surface area contributed by atoms with Crippen LogP contribution < -0.4 is 0 Å². The van der Waals surface area contributed by atoms with Gasteiger partial charge in [0.05, 0.1) is 0 Å². The number of phenolic OH excluding ortho intramolecular Hbond substituents is 4. The van der Waals surface area contributed by atoms with Crippen molar-refractivity contribution in [2.45, 2.75) is 9.79 Å². The molecule has 4 N–H and O–H groups in total. The Hall–Kier alpha value is -1.83. The van der Waals surface area contributed by atoms with Crippen molar-refractivity contribution in [3.8, 4) is 23.0 Å². The maximum absolute atomic E-state index is 12.4. The van der Waals surface area contributed by atoms with E-state index in [1.54, 1.807) is 0 Å². The second kappa shape index (κ2) is 5.18. The predicted molar refractivity (Wildman–Crippen MR) is 75.0 cm³/mol. The zero-order chi connectivity index (χ0) is 15.9. The van der Waals surface area contributed by atoms with Gasteiger partial charge in [-0.05, 0) is 24.3 Å². The molecule has 2 rings (SSSR count). The third-order valence-electron chi connectivity index (χ3n) is 2.70. The van der Waals surface area contributed by atoms with E-state index in [1.807, 2.05) is 0 Å². The third-order valence-corrected chi connectivity index (χ3v) is 5.26. The van der Waals surface area contributed by atoms with E-state index in [0.29, 0.717) is 0 Å². The van der Waals surface area contributed by atoms with Crippen molar-refractivity contribution >= 4 is 33.0 Å². The first kappa shape index (κ1) is 15.6. The van der Waals surface area contributed by atoms with Gasteiger partial charge in [0.2, 0.25) is 9.84 Å². The van der Waals surface area contributed by atoms with E-state index in [9.17, 15) is 28.8 Å². The molecule has 9 heteroatoms. The summed E-state index contributed by atoms with van der Waals surface area (Å²) in [6.45, 7) is 0. The highest BCUT2D eigenvalue weighted by molar-refractivity contribution is 7.91. The molecule has 0 unspecified atom stereocenters. The molecule has 0 saturated heterocycles. The zero-order valence-corrected chi connectivity index (χ0v) is 12.4. The van der Waals surface area contributed by atoms with Crippen LogP contribution in [0.3, 0.4) is 0 Å². The number of halogens is 2. The normalized spacial score (nSPS) is 11.5. The molecular formula is C12H8Cl2O6S. The van der Waals surface area contributed by atoms with E-state index in [-0.39, 0.29) is 0 Å². The van der Waals surface area contributed by atoms with Gasteiger partial charge in [0, 0.05) is 0 Å². The summed E-state index contributed by atoms with van der Waals surface area (Å²) in [6.07, 6.45) is 0. The van der Waals surface area contributed by atoms with Gasteiger partial charge in [-0.3, -0.25) is 0 Å². The molecule has 0 aliphatic carbocycles. The number of phenols is 4. The number of rotatable bonds is 2. The highest BCUT2D eigenvalue weighted by Gasteiger charge is 2.28. The fourth-order valence-electron chi connectivity index (χ4n) is 1.62. The average molecular weight is 351 g/mol. The summed E-state index contributed by atoms with van der Waals surface area (Å²) in [5, 5.41) is 37.0. The van der Waals surface area contributed by atoms with E-state index >= 15 is 0 Å². The maximum Gasteiger partial charge on any atom is 0.214 e. The molecule has 0 aliphatic heterocycles. The summed E-state index contributed by atoms with van der Waals surface area (Å²) in [6, 6.07) is 3.81. The summed E-state index contributed by atoms with van der Waals surface area (Å²) in [5.74, 6) is -2.72. The summed E-state index contributed by atoms with van der Waals surface area (Å²) in [7, 11) is -4.37. The smallest absolute Gasteiger partial charge is 0.214 e. The Morgan fingerprint density at radius 2 is 1.05 bits per heavy atom. The van der Waals surface area contributed by atoms with Crippen LogP contribution >= 0.6 is 23.2 Å². The number of sulfone groups is 1. The molecule has 0 atom stereocenters. The van der Waals surface area contributed by atoms with Gasteiger partial charge in [-0.2, -0.15) is 0 Å². The summed E-state index contributed by atoms with van der Waals surface area (Å²) in [5.41, 5.74) is 0. The van der Waals surface area contributed by atoms with E-state index < -0.39 is 52.7 Å². The van der Waals surface area contributed by atoms with Gasteiger partial charge in [-0.25, -0.2) is 8.42 Å². The summed E-state index contributed by atoms with van der Waals surface area (Å²) >= 11 is 11.2. The molecule has 0 heterocycles. The second-order valence-corrected chi connectivity index (χ2v) is 6.64. The molecule has 6 nitrogen and oxygen atoms in total. The van der Waals surface area contributed by atoms with Gasteiger partial charge in [-0.1, -0.05) is 23.2 Å². The van der Waals surface area contributed by atoms with Gasteiger partial charge in [-0.15, -0.1) is 0 Å². The van der Waals surface area contributed by atoms with Gasteiger partial charge in [0.1, 0.15) is 31.3 Å². The Labute approximate surface area is 129 Å². The standard InChI is InChI=1S/C12H8Cl2O6S/c13-9-5(15)1-3-7(11(9)17)21(19,20)8-4-2-6(16)10(14)12(8)18/h1-4,15-18H. The monoisotopic (exact) mass is 350 g/mol. The molecule has 0 radical (unpaired) electrons. The van der Waals surface area contributed by atoms with Gasteiger partial charge in [0.25, 0.3) is 0 Å². The van der Waals surface area contributed by atoms with Crippen LogP contribution in [-0.2, 0) is 9.84 Å². The highest BCUT2D eigenvalue weighted by atomic mass is 35.5. The molecule has 0 spiro atoms. The largest absolute Gasteiger partial charge is 0.506 e. The predicted octanol–water partition coefficient (Wildman–Crippen LogP) is 2.65. The van der Waals surface area contributed by atoms with Crippen LogP contribution in [0.4, 0.5) is 0 Å². The minimum atomic E-state index is -4.37.